The average molecular weight is 112 g/mol. The van der Waals surface area contributed by atoms with Crippen LogP contribution in [-0.4, -0.2) is 11.6 Å². The van der Waals surface area contributed by atoms with Crippen molar-refractivity contribution in [2.45, 2.75) is 0 Å². The zero-order chi connectivity index (χ0) is 5.98. The summed E-state index contributed by atoms with van der Waals surface area (Å²) in [5, 5.41) is 0. The molecule has 1 heterocycles. The van der Waals surface area contributed by atoms with E-state index in [0.717, 1.165) is 0 Å². The van der Waals surface area contributed by atoms with E-state index in [4.69, 9.17) is 4.42 Å². The zero-order valence-electron chi connectivity index (χ0n) is 4.96. The molecule has 8 heavy (non-hydrogen) atoms. The molecule has 0 bridgehead atoms. The maximum absolute atomic E-state index is 4.91. The lowest BCUT2D eigenvalue weighted by atomic mass is 10.9. The van der Waals surface area contributed by atoms with E-state index >= 15 is 0 Å². The van der Waals surface area contributed by atoms with Crippen LogP contribution in [0, 0.1) is 0 Å². The van der Waals surface area contributed by atoms with E-state index in [0.29, 0.717) is 5.68 Å². The van der Waals surface area contributed by atoms with Gasteiger partial charge in [0, 0.05) is 20.3 Å². The van der Waals surface area contributed by atoms with Crippen LogP contribution in [0.15, 0.2) is 21.9 Å². The highest BCUT2D eigenvalue weighted by Crippen LogP contribution is 1.73. The number of oxazole rings is 1. The largest absolute Gasteiger partial charge is 0.432 e. The minimum Gasteiger partial charge on any atom is -0.432 e. The summed E-state index contributed by atoms with van der Waals surface area (Å²) in [5.41, 5.74) is 0.644. The molecule has 0 N–H and O–H groups in total. The number of aryl methyl sites for hydroxylation is 1. The van der Waals surface area contributed by atoms with Crippen LogP contribution in [0.2, 0.25) is 0 Å². The first kappa shape index (κ1) is 5.15. The highest BCUT2D eigenvalue weighted by atomic mass is 16.3. The van der Waals surface area contributed by atoms with E-state index in [1.165, 1.54) is 0 Å². The molecule has 3 heteroatoms. The van der Waals surface area contributed by atoms with Gasteiger partial charge in [0.05, 0.1) is 0 Å². The number of hydrogen-bond acceptors (Lipinski definition) is 2. The SMILES string of the molecule is C/N=c1/occn1C. The van der Waals surface area contributed by atoms with Gasteiger partial charge in [-0.2, -0.15) is 0 Å². The molecule has 1 aromatic heterocycles. The monoisotopic (exact) mass is 112 g/mol. The highest BCUT2D eigenvalue weighted by Gasteiger charge is 1.82. The van der Waals surface area contributed by atoms with Crippen molar-refractivity contribution in [2.75, 3.05) is 7.05 Å². The lowest BCUT2D eigenvalue weighted by Gasteiger charge is -1.80. The summed E-state index contributed by atoms with van der Waals surface area (Å²) in [6.45, 7) is 0. The van der Waals surface area contributed by atoms with Crippen LogP contribution in [0.25, 0.3) is 0 Å². The third-order valence-corrected chi connectivity index (χ3v) is 0.951. The number of aromatic nitrogens is 1. The van der Waals surface area contributed by atoms with Crippen LogP contribution in [0.1, 0.15) is 0 Å². The fraction of sp³-hybridized carbons (Fsp3) is 0.400. The Balaban J connectivity index is 3.31. The molecule has 0 aromatic carbocycles. The maximum Gasteiger partial charge on any atom is 0.296 e. The molecular weight excluding hydrogens is 104 g/mol. The molecule has 0 aliphatic carbocycles. The van der Waals surface area contributed by atoms with E-state index in [1.54, 1.807) is 17.9 Å². The zero-order valence-corrected chi connectivity index (χ0v) is 4.96. The van der Waals surface area contributed by atoms with E-state index < -0.39 is 0 Å². The molecular formula is C5H8N2O. The molecule has 44 valence electrons. The summed E-state index contributed by atoms with van der Waals surface area (Å²) < 4.78 is 6.72. The van der Waals surface area contributed by atoms with Gasteiger partial charge in [0.2, 0.25) is 0 Å². The quantitative estimate of drug-likeness (QED) is 0.470. The standard InChI is InChI=1S/C5H8N2O/c1-6-5-7(2)3-4-8-5/h3-4H,1-2H3/b6-5+. The van der Waals surface area contributed by atoms with Gasteiger partial charge in [-0.3, -0.25) is 0 Å². The summed E-state index contributed by atoms with van der Waals surface area (Å²) in [5.74, 6) is 0. The van der Waals surface area contributed by atoms with Crippen LogP contribution in [-0.2, 0) is 7.05 Å². The smallest absolute Gasteiger partial charge is 0.296 e. The summed E-state index contributed by atoms with van der Waals surface area (Å²) in [6, 6.07) is 0. The third-order valence-electron chi connectivity index (χ3n) is 0.951. The Morgan fingerprint density at radius 3 is 2.75 bits per heavy atom. The van der Waals surface area contributed by atoms with Gasteiger partial charge < -0.3 is 8.98 Å². The van der Waals surface area contributed by atoms with Gasteiger partial charge in [0.15, 0.2) is 0 Å². The van der Waals surface area contributed by atoms with Gasteiger partial charge >= 0.3 is 0 Å². The first-order chi connectivity index (χ1) is 3.84. The molecule has 0 saturated heterocycles. The van der Waals surface area contributed by atoms with Crippen molar-refractivity contribution < 1.29 is 4.42 Å². The summed E-state index contributed by atoms with van der Waals surface area (Å²) in [7, 11) is 3.57. The van der Waals surface area contributed by atoms with E-state index in [-0.39, 0.29) is 0 Å². The van der Waals surface area contributed by atoms with Gasteiger partial charge in [-0.25, -0.2) is 4.99 Å². The van der Waals surface area contributed by atoms with Gasteiger partial charge in [0.1, 0.15) is 6.26 Å². The fourth-order valence-corrected chi connectivity index (χ4v) is 0.540. The molecule has 1 rings (SSSR count). The maximum atomic E-state index is 4.91. The second-order valence-electron chi connectivity index (χ2n) is 1.52. The van der Waals surface area contributed by atoms with Crippen molar-refractivity contribution in [3.8, 4) is 0 Å². The second-order valence-corrected chi connectivity index (χ2v) is 1.52. The lowest BCUT2D eigenvalue weighted by molar-refractivity contribution is 0.474. The normalized spacial score (nSPS) is 12.5. The molecule has 0 atom stereocenters. The van der Waals surface area contributed by atoms with Gasteiger partial charge in [-0.05, 0) is 0 Å². The number of nitrogens with zero attached hydrogens (tertiary/aromatic N) is 2. The third kappa shape index (κ3) is 0.665. The average Bonchev–Trinajstić information content (AvgIpc) is 2.14. The molecule has 0 aliphatic rings. The topological polar surface area (TPSA) is 30.4 Å². The van der Waals surface area contributed by atoms with Gasteiger partial charge in [-0.15, -0.1) is 0 Å². The van der Waals surface area contributed by atoms with Crippen molar-refractivity contribution in [2.24, 2.45) is 12.0 Å². The summed E-state index contributed by atoms with van der Waals surface area (Å²) in [6.07, 6.45) is 3.41. The molecule has 0 amide bonds. The van der Waals surface area contributed by atoms with Crippen LogP contribution in [0.4, 0.5) is 0 Å². The Labute approximate surface area is 47.3 Å². The van der Waals surface area contributed by atoms with Crippen molar-refractivity contribution in [3.63, 3.8) is 0 Å². The molecule has 0 fully saturated rings. The molecule has 3 nitrogen and oxygen atoms in total. The van der Waals surface area contributed by atoms with E-state index in [9.17, 15) is 0 Å². The first-order valence-corrected chi connectivity index (χ1v) is 2.37. The fourth-order valence-electron chi connectivity index (χ4n) is 0.540. The molecule has 0 spiro atoms. The van der Waals surface area contributed by atoms with E-state index in [2.05, 4.69) is 4.99 Å². The van der Waals surface area contributed by atoms with Crippen molar-refractivity contribution in [3.05, 3.63) is 18.1 Å². The molecule has 0 aliphatic heterocycles. The van der Waals surface area contributed by atoms with Crippen LogP contribution in [0.5, 0.6) is 0 Å². The Hall–Kier alpha value is -0.990. The predicted molar refractivity (Wildman–Crippen MR) is 29.2 cm³/mol. The number of rotatable bonds is 0. The molecule has 1 aromatic rings. The van der Waals surface area contributed by atoms with Gasteiger partial charge in [-0.1, -0.05) is 0 Å². The Bertz CT molecular complexity index is 220. The molecule has 0 saturated carbocycles. The Kier molecular flexibility index (Phi) is 1.20. The van der Waals surface area contributed by atoms with Crippen molar-refractivity contribution >= 4 is 0 Å². The highest BCUT2D eigenvalue weighted by molar-refractivity contribution is 4.64. The van der Waals surface area contributed by atoms with E-state index in [1.807, 2.05) is 13.2 Å². The van der Waals surface area contributed by atoms with Crippen LogP contribution in [0.3, 0.4) is 0 Å². The first-order valence-electron chi connectivity index (χ1n) is 2.37. The molecule has 0 radical (unpaired) electrons. The van der Waals surface area contributed by atoms with Gasteiger partial charge in [0.25, 0.3) is 5.68 Å². The number of hydrogen-bond donors (Lipinski definition) is 0. The Morgan fingerprint density at radius 2 is 2.50 bits per heavy atom. The minimum atomic E-state index is 0.644. The second kappa shape index (κ2) is 1.86. The summed E-state index contributed by atoms with van der Waals surface area (Å²) >= 11 is 0. The van der Waals surface area contributed by atoms with Crippen molar-refractivity contribution in [1.29, 1.82) is 0 Å². The van der Waals surface area contributed by atoms with Crippen LogP contribution >= 0.6 is 0 Å². The lowest BCUT2D eigenvalue weighted by Crippen LogP contribution is -2.09. The minimum absolute atomic E-state index is 0.644. The molecule has 0 unspecified atom stereocenters. The predicted octanol–water partition coefficient (Wildman–Crippen LogP) is 0.149. The van der Waals surface area contributed by atoms with Crippen molar-refractivity contribution in [1.82, 2.24) is 4.57 Å². The van der Waals surface area contributed by atoms with Crippen LogP contribution < -0.4 is 5.68 Å². The summed E-state index contributed by atoms with van der Waals surface area (Å²) in [4.78, 5) is 3.83. The Morgan fingerprint density at radius 1 is 1.75 bits per heavy atom.